The Kier molecular flexibility index (Phi) is 5.54. The molecule has 1 saturated heterocycles. The molecule has 0 atom stereocenters. The SMILES string of the molecule is CCNCc1ccc(SCCN2CCNC2=O)cc1. The van der Waals surface area contributed by atoms with Crippen LogP contribution in [0.5, 0.6) is 0 Å². The van der Waals surface area contributed by atoms with Crippen molar-refractivity contribution >= 4 is 17.8 Å². The summed E-state index contributed by atoms with van der Waals surface area (Å²) >= 11 is 1.80. The average Bonchev–Trinajstić information content (AvgIpc) is 2.84. The maximum atomic E-state index is 11.4. The highest BCUT2D eigenvalue weighted by Crippen LogP contribution is 2.18. The molecule has 0 saturated carbocycles. The number of thioether (sulfide) groups is 1. The Hall–Kier alpha value is -1.20. The Balaban J connectivity index is 1.72. The highest BCUT2D eigenvalue weighted by molar-refractivity contribution is 7.99. The number of benzene rings is 1. The molecule has 0 spiro atoms. The lowest BCUT2D eigenvalue weighted by atomic mass is 10.2. The van der Waals surface area contributed by atoms with Crippen molar-refractivity contribution in [2.24, 2.45) is 0 Å². The van der Waals surface area contributed by atoms with Crippen LogP contribution in [0.1, 0.15) is 12.5 Å². The van der Waals surface area contributed by atoms with Crippen molar-refractivity contribution in [3.63, 3.8) is 0 Å². The fraction of sp³-hybridized carbons (Fsp3) is 0.500. The summed E-state index contributed by atoms with van der Waals surface area (Å²) in [5.74, 6) is 0.944. The van der Waals surface area contributed by atoms with Crippen molar-refractivity contribution in [3.8, 4) is 0 Å². The van der Waals surface area contributed by atoms with E-state index in [-0.39, 0.29) is 6.03 Å². The predicted molar refractivity (Wildman–Crippen MR) is 79.5 cm³/mol. The second-order valence-corrected chi connectivity index (χ2v) is 5.66. The zero-order valence-electron chi connectivity index (χ0n) is 11.3. The second-order valence-electron chi connectivity index (χ2n) is 4.49. The Labute approximate surface area is 118 Å². The third kappa shape index (κ3) is 4.44. The Morgan fingerprint density at radius 1 is 1.37 bits per heavy atom. The summed E-state index contributed by atoms with van der Waals surface area (Å²) in [6, 6.07) is 8.70. The molecule has 1 aromatic carbocycles. The smallest absolute Gasteiger partial charge is 0.317 e. The van der Waals surface area contributed by atoms with Gasteiger partial charge in [0.15, 0.2) is 0 Å². The molecule has 1 aliphatic heterocycles. The molecule has 19 heavy (non-hydrogen) atoms. The molecule has 0 radical (unpaired) electrons. The van der Waals surface area contributed by atoms with Gasteiger partial charge in [0.25, 0.3) is 0 Å². The first-order valence-corrected chi connectivity index (χ1v) is 7.73. The standard InChI is InChI=1S/C14H21N3OS/c1-2-15-11-12-3-5-13(6-4-12)19-10-9-17-8-7-16-14(17)18/h3-6,15H,2,7-11H2,1H3,(H,16,18). The van der Waals surface area contributed by atoms with Gasteiger partial charge in [-0.05, 0) is 24.2 Å². The number of nitrogens with zero attached hydrogens (tertiary/aromatic N) is 1. The topological polar surface area (TPSA) is 44.4 Å². The fourth-order valence-corrected chi connectivity index (χ4v) is 2.85. The summed E-state index contributed by atoms with van der Waals surface area (Å²) < 4.78 is 0. The molecule has 1 fully saturated rings. The largest absolute Gasteiger partial charge is 0.336 e. The summed E-state index contributed by atoms with van der Waals surface area (Å²) in [5, 5.41) is 6.13. The van der Waals surface area contributed by atoms with E-state index < -0.39 is 0 Å². The zero-order valence-corrected chi connectivity index (χ0v) is 12.1. The van der Waals surface area contributed by atoms with Crippen LogP contribution in [0.3, 0.4) is 0 Å². The van der Waals surface area contributed by atoms with Crippen molar-refractivity contribution < 1.29 is 4.79 Å². The van der Waals surface area contributed by atoms with Crippen LogP contribution in [0.2, 0.25) is 0 Å². The van der Waals surface area contributed by atoms with Gasteiger partial charge in [-0.15, -0.1) is 11.8 Å². The number of hydrogen-bond acceptors (Lipinski definition) is 3. The van der Waals surface area contributed by atoms with E-state index in [1.807, 2.05) is 4.90 Å². The van der Waals surface area contributed by atoms with Crippen LogP contribution in [-0.4, -0.2) is 42.9 Å². The van der Waals surface area contributed by atoms with Crippen LogP contribution in [-0.2, 0) is 6.54 Å². The van der Waals surface area contributed by atoms with Gasteiger partial charge in [0.05, 0.1) is 0 Å². The molecule has 1 aromatic rings. The van der Waals surface area contributed by atoms with Gasteiger partial charge in [0, 0.05) is 36.8 Å². The highest BCUT2D eigenvalue weighted by Gasteiger charge is 2.18. The van der Waals surface area contributed by atoms with E-state index in [2.05, 4.69) is 41.8 Å². The molecule has 2 N–H and O–H groups in total. The summed E-state index contributed by atoms with van der Waals surface area (Å²) in [6.45, 7) is 6.46. The minimum atomic E-state index is 0.0709. The van der Waals surface area contributed by atoms with Crippen LogP contribution in [0.15, 0.2) is 29.2 Å². The quantitative estimate of drug-likeness (QED) is 0.750. The number of nitrogens with one attached hydrogen (secondary N) is 2. The number of hydrogen-bond donors (Lipinski definition) is 2. The van der Waals surface area contributed by atoms with E-state index in [4.69, 9.17) is 0 Å². The van der Waals surface area contributed by atoms with Crippen LogP contribution in [0, 0.1) is 0 Å². The molecule has 1 heterocycles. The number of amides is 2. The van der Waals surface area contributed by atoms with E-state index in [1.165, 1.54) is 10.5 Å². The van der Waals surface area contributed by atoms with Crippen LogP contribution < -0.4 is 10.6 Å². The molecule has 4 nitrogen and oxygen atoms in total. The summed E-state index contributed by atoms with van der Waals surface area (Å²) in [6.07, 6.45) is 0. The van der Waals surface area contributed by atoms with Gasteiger partial charge in [-0.25, -0.2) is 4.79 Å². The minimum Gasteiger partial charge on any atom is -0.336 e. The minimum absolute atomic E-state index is 0.0709. The molecule has 2 rings (SSSR count). The number of carbonyl (C=O) groups is 1. The third-order valence-corrected chi connectivity index (χ3v) is 4.07. The lowest BCUT2D eigenvalue weighted by molar-refractivity contribution is 0.220. The third-order valence-electron chi connectivity index (χ3n) is 3.08. The molecule has 2 amide bonds. The lowest BCUT2D eigenvalue weighted by Gasteiger charge is -2.13. The fourth-order valence-electron chi connectivity index (χ4n) is 1.97. The molecular formula is C14H21N3OS. The van der Waals surface area contributed by atoms with Crippen molar-refractivity contribution in [3.05, 3.63) is 29.8 Å². The van der Waals surface area contributed by atoms with Crippen LogP contribution in [0.25, 0.3) is 0 Å². The number of urea groups is 1. The van der Waals surface area contributed by atoms with E-state index in [0.717, 1.165) is 38.5 Å². The Morgan fingerprint density at radius 2 is 2.16 bits per heavy atom. The first kappa shape index (κ1) is 14.2. The Morgan fingerprint density at radius 3 is 2.79 bits per heavy atom. The van der Waals surface area contributed by atoms with Gasteiger partial charge in [-0.1, -0.05) is 19.1 Å². The molecule has 0 aliphatic carbocycles. The van der Waals surface area contributed by atoms with Gasteiger partial charge in [0.2, 0.25) is 0 Å². The van der Waals surface area contributed by atoms with E-state index in [0.29, 0.717) is 0 Å². The zero-order chi connectivity index (χ0) is 13.5. The summed E-state index contributed by atoms with van der Waals surface area (Å²) in [7, 11) is 0. The lowest BCUT2D eigenvalue weighted by Crippen LogP contribution is -2.30. The molecular weight excluding hydrogens is 258 g/mol. The number of rotatable bonds is 7. The molecule has 5 heteroatoms. The van der Waals surface area contributed by atoms with Crippen molar-refractivity contribution in [1.29, 1.82) is 0 Å². The van der Waals surface area contributed by atoms with E-state index in [1.54, 1.807) is 11.8 Å². The highest BCUT2D eigenvalue weighted by atomic mass is 32.2. The van der Waals surface area contributed by atoms with Gasteiger partial charge in [0.1, 0.15) is 0 Å². The monoisotopic (exact) mass is 279 g/mol. The molecule has 1 aliphatic rings. The van der Waals surface area contributed by atoms with Gasteiger partial charge in [-0.2, -0.15) is 0 Å². The molecule has 104 valence electrons. The predicted octanol–water partition coefficient (Wildman–Crippen LogP) is 1.91. The van der Waals surface area contributed by atoms with Gasteiger partial charge < -0.3 is 15.5 Å². The van der Waals surface area contributed by atoms with Crippen LogP contribution >= 0.6 is 11.8 Å². The summed E-state index contributed by atoms with van der Waals surface area (Å²) in [4.78, 5) is 14.5. The number of carbonyl (C=O) groups excluding carboxylic acids is 1. The molecule has 0 bridgehead atoms. The average molecular weight is 279 g/mol. The van der Waals surface area contributed by atoms with Crippen molar-refractivity contribution in [2.75, 3.05) is 31.9 Å². The first-order chi connectivity index (χ1) is 9.29. The Bertz CT molecular complexity index is 408. The van der Waals surface area contributed by atoms with Crippen molar-refractivity contribution in [1.82, 2.24) is 15.5 Å². The van der Waals surface area contributed by atoms with E-state index >= 15 is 0 Å². The van der Waals surface area contributed by atoms with Gasteiger partial charge in [-0.3, -0.25) is 0 Å². The molecule has 0 aromatic heterocycles. The van der Waals surface area contributed by atoms with E-state index in [9.17, 15) is 4.79 Å². The first-order valence-electron chi connectivity index (χ1n) is 6.75. The van der Waals surface area contributed by atoms with Gasteiger partial charge >= 0.3 is 6.03 Å². The maximum Gasteiger partial charge on any atom is 0.317 e. The normalized spacial score (nSPS) is 14.8. The maximum absolute atomic E-state index is 11.4. The summed E-state index contributed by atoms with van der Waals surface area (Å²) in [5.41, 5.74) is 1.31. The van der Waals surface area contributed by atoms with Crippen LogP contribution in [0.4, 0.5) is 4.79 Å². The molecule has 0 unspecified atom stereocenters. The second kappa shape index (κ2) is 7.40. The van der Waals surface area contributed by atoms with Crippen molar-refractivity contribution in [2.45, 2.75) is 18.4 Å².